The molecule has 0 aliphatic carbocycles. The Hall–Kier alpha value is -2.89. The Labute approximate surface area is 132 Å². The zero-order valence-corrected chi connectivity index (χ0v) is 12.7. The second-order valence-corrected chi connectivity index (χ2v) is 5.54. The van der Waals surface area contributed by atoms with Crippen LogP contribution in [0, 0.1) is 0 Å². The summed E-state index contributed by atoms with van der Waals surface area (Å²) in [4.78, 5) is 16.4. The maximum atomic E-state index is 12.0. The number of hydrogen-bond donors (Lipinski definition) is 2. The average Bonchev–Trinajstić information content (AvgIpc) is 3.21. The lowest BCUT2D eigenvalue weighted by atomic mass is 9.89. The summed E-state index contributed by atoms with van der Waals surface area (Å²) >= 11 is 0. The number of carbonyl (C=O) groups excluding carboxylic acids is 1. The minimum atomic E-state index is -0.158. The number of fused-ring (bicyclic) bond motifs is 1. The third-order valence-corrected chi connectivity index (χ3v) is 4.10. The van der Waals surface area contributed by atoms with Crippen molar-refractivity contribution in [3.05, 3.63) is 53.6 Å². The molecular weight excluding hydrogens is 292 g/mol. The van der Waals surface area contributed by atoms with Crippen molar-refractivity contribution in [3.63, 3.8) is 0 Å². The van der Waals surface area contributed by atoms with Gasteiger partial charge < -0.3 is 9.73 Å². The molecule has 1 unspecified atom stereocenters. The molecule has 6 heteroatoms. The van der Waals surface area contributed by atoms with E-state index in [1.165, 1.54) is 0 Å². The fourth-order valence-electron chi connectivity index (χ4n) is 2.98. The van der Waals surface area contributed by atoms with E-state index in [2.05, 4.69) is 20.5 Å². The Bertz CT molecular complexity index is 851. The van der Waals surface area contributed by atoms with Crippen molar-refractivity contribution < 1.29 is 9.21 Å². The highest BCUT2D eigenvalue weighted by Crippen LogP contribution is 2.41. The monoisotopic (exact) mass is 308 g/mol. The average molecular weight is 308 g/mol. The molecule has 116 valence electrons. The molecule has 23 heavy (non-hydrogen) atoms. The molecule has 0 fully saturated rings. The molecule has 1 amide bonds. The van der Waals surface area contributed by atoms with Gasteiger partial charge in [0.05, 0.1) is 17.3 Å². The molecule has 0 saturated heterocycles. The van der Waals surface area contributed by atoms with Crippen LogP contribution in [0.15, 0.2) is 40.9 Å². The quantitative estimate of drug-likeness (QED) is 0.778. The Balaban J connectivity index is 1.85. The molecule has 0 saturated carbocycles. The number of amides is 1. The predicted octanol–water partition coefficient (Wildman–Crippen LogP) is 3.10. The van der Waals surface area contributed by atoms with Crippen molar-refractivity contribution in [2.24, 2.45) is 0 Å². The number of nitrogens with zero attached hydrogens (tertiary/aromatic N) is 2. The number of aromatic amines is 1. The van der Waals surface area contributed by atoms with Crippen LogP contribution in [-0.2, 0) is 11.2 Å². The SMILES string of the molecule is CCc1ccc(C2CC(=O)Nc3n[nH]c(-c4ccccn4)c32)o1. The standard InChI is InChI=1S/C17H16N4O2/c1-2-10-6-7-13(23-10)11-9-14(22)19-17-15(11)16(20-21-17)12-5-3-4-8-18-12/h3-8,11H,2,9H2,1H3,(H2,19,20,21,22). The number of H-pyrrole nitrogens is 1. The number of hydrogen-bond acceptors (Lipinski definition) is 4. The summed E-state index contributed by atoms with van der Waals surface area (Å²) in [5.41, 5.74) is 2.55. The molecule has 1 aliphatic heterocycles. The predicted molar refractivity (Wildman–Crippen MR) is 85.0 cm³/mol. The number of aromatic nitrogens is 3. The Kier molecular flexibility index (Phi) is 3.22. The smallest absolute Gasteiger partial charge is 0.226 e. The molecule has 0 bridgehead atoms. The molecule has 3 aromatic rings. The van der Waals surface area contributed by atoms with E-state index < -0.39 is 0 Å². The number of carbonyl (C=O) groups is 1. The van der Waals surface area contributed by atoms with Gasteiger partial charge >= 0.3 is 0 Å². The zero-order chi connectivity index (χ0) is 15.8. The summed E-state index contributed by atoms with van der Waals surface area (Å²) in [6.07, 6.45) is 2.90. The molecular formula is C17H16N4O2. The van der Waals surface area contributed by atoms with Gasteiger partial charge in [0, 0.05) is 24.6 Å². The molecule has 0 radical (unpaired) electrons. The second kappa shape index (κ2) is 5.39. The summed E-state index contributed by atoms with van der Waals surface area (Å²) in [7, 11) is 0. The Morgan fingerprint density at radius 1 is 1.30 bits per heavy atom. The molecule has 2 N–H and O–H groups in total. The number of aryl methyl sites for hydroxylation is 1. The lowest BCUT2D eigenvalue weighted by molar-refractivity contribution is -0.116. The largest absolute Gasteiger partial charge is 0.465 e. The van der Waals surface area contributed by atoms with E-state index in [0.717, 1.165) is 34.9 Å². The van der Waals surface area contributed by atoms with Gasteiger partial charge in [-0.3, -0.25) is 14.9 Å². The van der Waals surface area contributed by atoms with Gasteiger partial charge in [0.25, 0.3) is 0 Å². The van der Waals surface area contributed by atoms with Crippen molar-refractivity contribution in [3.8, 4) is 11.4 Å². The van der Waals surface area contributed by atoms with E-state index >= 15 is 0 Å². The minimum absolute atomic E-state index is 0.0592. The van der Waals surface area contributed by atoms with Gasteiger partial charge in [-0.1, -0.05) is 13.0 Å². The van der Waals surface area contributed by atoms with Gasteiger partial charge in [0.1, 0.15) is 11.5 Å². The second-order valence-electron chi connectivity index (χ2n) is 5.54. The summed E-state index contributed by atoms with van der Waals surface area (Å²) in [6, 6.07) is 9.61. The molecule has 3 aromatic heterocycles. The van der Waals surface area contributed by atoms with Crippen LogP contribution in [0.5, 0.6) is 0 Å². The molecule has 0 spiro atoms. The van der Waals surface area contributed by atoms with Crippen LogP contribution in [0.1, 0.15) is 36.3 Å². The Morgan fingerprint density at radius 3 is 2.96 bits per heavy atom. The van der Waals surface area contributed by atoms with Crippen LogP contribution in [0.2, 0.25) is 0 Å². The van der Waals surface area contributed by atoms with Crippen LogP contribution >= 0.6 is 0 Å². The first kappa shape index (κ1) is 13.8. The van der Waals surface area contributed by atoms with E-state index in [-0.39, 0.29) is 11.8 Å². The van der Waals surface area contributed by atoms with Crippen molar-refractivity contribution in [2.75, 3.05) is 5.32 Å². The highest BCUT2D eigenvalue weighted by atomic mass is 16.3. The van der Waals surface area contributed by atoms with E-state index in [1.807, 2.05) is 37.3 Å². The molecule has 4 rings (SSSR count). The van der Waals surface area contributed by atoms with Crippen molar-refractivity contribution in [2.45, 2.75) is 25.7 Å². The van der Waals surface area contributed by atoms with E-state index in [4.69, 9.17) is 4.42 Å². The minimum Gasteiger partial charge on any atom is -0.465 e. The maximum absolute atomic E-state index is 12.0. The highest BCUT2D eigenvalue weighted by Gasteiger charge is 2.34. The first-order valence-corrected chi connectivity index (χ1v) is 7.64. The number of anilines is 1. The molecule has 6 nitrogen and oxygen atoms in total. The number of rotatable bonds is 3. The lowest BCUT2D eigenvalue weighted by Crippen LogP contribution is -2.23. The van der Waals surface area contributed by atoms with Crippen LogP contribution in [0.3, 0.4) is 0 Å². The van der Waals surface area contributed by atoms with E-state index in [1.54, 1.807) is 6.20 Å². The zero-order valence-electron chi connectivity index (χ0n) is 12.7. The first-order valence-electron chi connectivity index (χ1n) is 7.64. The van der Waals surface area contributed by atoms with Gasteiger partial charge in [0.2, 0.25) is 5.91 Å². The fraction of sp³-hybridized carbons (Fsp3) is 0.235. The molecule has 0 aromatic carbocycles. The van der Waals surface area contributed by atoms with E-state index in [9.17, 15) is 4.79 Å². The first-order chi connectivity index (χ1) is 11.3. The molecule has 1 atom stereocenters. The molecule has 4 heterocycles. The lowest BCUT2D eigenvalue weighted by Gasteiger charge is -2.21. The van der Waals surface area contributed by atoms with Crippen LogP contribution in [0.4, 0.5) is 5.82 Å². The summed E-state index contributed by atoms with van der Waals surface area (Å²) in [5.74, 6) is 2.04. The van der Waals surface area contributed by atoms with Crippen molar-refractivity contribution in [1.82, 2.24) is 15.2 Å². The number of nitrogens with one attached hydrogen (secondary N) is 2. The van der Waals surface area contributed by atoms with Crippen molar-refractivity contribution >= 4 is 11.7 Å². The van der Waals surface area contributed by atoms with Crippen molar-refractivity contribution in [1.29, 1.82) is 0 Å². The normalized spacial score (nSPS) is 16.9. The van der Waals surface area contributed by atoms with Gasteiger partial charge in [-0.05, 0) is 24.3 Å². The number of furan rings is 1. The summed E-state index contributed by atoms with van der Waals surface area (Å²) in [6.45, 7) is 2.04. The van der Waals surface area contributed by atoms with Gasteiger partial charge in [0.15, 0.2) is 5.82 Å². The van der Waals surface area contributed by atoms with Gasteiger partial charge in [-0.2, -0.15) is 5.10 Å². The molecule has 1 aliphatic rings. The Morgan fingerprint density at radius 2 is 2.22 bits per heavy atom. The highest BCUT2D eigenvalue weighted by molar-refractivity contribution is 5.95. The maximum Gasteiger partial charge on any atom is 0.226 e. The summed E-state index contributed by atoms with van der Waals surface area (Å²) in [5, 5.41) is 10.1. The fourth-order valence-corrected chi connectivity index (χ4v) is 2.98. The van der Waals surface area contributed by atoms with Crippen LogP contribution in [-0.4, -0.2) is 21.1 Å². The number of pyridine rings is 1. The van der Waals surface area contributed by atoms with Crippen LogP contribution in [0.25, 0.3) is 11.4 Å². The topological polar surface area (TPSA) is 83.8 Å². The van der Waals surface area contributed by atoms with Gasteiger partial charge in [-0.25, -0.2) is 0 Å². The van der Waals surface area contributed by atoms with E-state index in [0.29, 0.717) is 12.2 Å². The summed E-state index contributed by atoms with van der Waals surface area (Å²) < 4.78 is 5.90. The third kappa shape index (κ3) is 2.32. The third-order valence-electron chi connectivity index (χ3n) is 4.10. The van der Waals surface area contributed by atoms with Crippen LogP contribution < -0.4 is 5.32 Å². The van der Waals surface area contributed by atoms with Gasteiger partial charge in [-0.15, -0.1) is 0 Å².